The molecule has 210 valence electrons. The van der Waals surface area contributed by atoms with Crippen molar-refractivity contribution in [2.75, 3.05) is 5.32 Å². The molecule has 0 radical (unpaired) electrons. The molecule has 1 amide bonds. The number of carbonyl (C=O) groups excluding carboxylic acids is 1. The Balaban J connectivity index is 1.37. The molecule has 1 heterocycles. The van der Waals surface area contributed by atoms with Gasteiger partial charge in [0.25, 0.3) is 0 Å². The molecule has 3 aromatic carbocycles. The van der Waals surface area contributed by atoms with Gasteiger partial charge < -0.3 is 15.4 Å². The molecule has 0 saturated heterocycles. The maximum absolute atomic E-state index is 14.2. The Kier molecular flexibility index (Phi) is 6.19. The summed E-state index contributed by atoms with van der Waals surface area (Å²) in [5.74, 6) is -1.06. The van der Waals surface area contributed by atoms with Crippen LogP contribution < -0.4 is 5.32 Å². The summed E-state index contributed by atoms with van der Waals surface area (Å²) in [5.41, 5.74) is 2.53. The van der Waals surface area contributed by atoms with Crippen molar-refractivity contribution >= 4 is 40.1 Å². The zero-order valence-corrected chi connectivity index (χ0v) is 23.0. The minimum Gasteiger partial charge on any atom is -0.477 e. The minimum atomic E-state index is -1.20. The number of aromatic carboxylic acids is 1. The zero-order valence-electron chi connectivity index (χ0n) is 22.3. The lowest BCUT2D eigenvalue weighted by Crippen LogP contribution is -2.51. The van der Waals surface area contributed by atoms with E-state index >= 15 is 0 Å². The lowest BCUT2D eigenvalue weighted by atomic mass is 9.49. The Morgan fingerprint density at radius 3 is 2.17 bits per heavy atom. The molecule has 4 aliphatic carbocycles. The van der Waals surface area contributed by atoms with Gasteiger partial charge in [-0.15, -0.1) is 0 Å². The number of hydrogen-bond acceptors (Lipinski definition) is 2. The molecule has 0 aliphatic heterocycles. The number of benzene rings is 3. The highest BCUT2D eigenvalue weighted by Crippen LogP contribution is 2.60. The van der Waals surface area contributed by atoms with Crippen LogP contribution in [0.25, 0.3) is 22.0 Å². The van der Waals surface area contributed by atoms with E-state index < -0.39 is 23.0 Å². The van der Waals surface area contributed by atoms with Crippen LogP contribution in [0.2, 0.25) is 5.02 Å². The number of anilines is 1. The summed E-state index contributed by atoms with van der Waals surface area (Å²) in [6.45, 7) is 0. The number of aromatic nitrogens is 1. The summed E-state index contributed by atoms with van der Waals surface area (Å²) in [6.07, 6.45) is 6.47. The van der Waals surface area contributed by atoms with Crippen molar-refractivity contribution in [2.45, 2.75) is 44.9 Å². The van der Waals surface area contributed by atoms with Crippen molar-refractivity contribution in [3.05, 3.63) is 88.1 Å². The highest BCUT2D eigenvalue weighted by atomic mass is 35.5. The maximum atomic E-state index is 14.2. The minimum absolute atomic E-state index is 0.106. The summed E-state index contributed by atoms with van der Waals surface area (Å²) in [5, 5.41) is 14.4. The first kappa shape index (κ1) is 26.2. The number of halogens is 3. The van der Waals surface area contributed by atoms with Gasteiger partial charge in [0.15, 0.2) is 0 Å². The summed E-state index contributed by atoms with van der Waals surface area (Å²) in [6, 6.07) is 14.1. The van der Waals surface area contributed by atoms with E-state index in [1.165, 1.54) is 31.4 Å². The number of carboxylic acids is 1. The average Bonchev–Trinajstić information content (AvgIpc) is 3.26. The summed E-state index contributed by atoms with van der Waals surface area (Å²) >= 11 is 6.26. The average molecular weight is 575 g/mol. The summed E-state index contributed by atoms with van der Waals surface area (Å²) in [4.78, 5) is 29.5. The number of amides is 1. The van der Waals surface area contributed by atoms with Gasteiger partial charge in [-0.2, -0.15) is 0 Å². The van der Waals surface area contributed by atoms with Crippen LogP contribution in [0.1, 0.15) is 60.1 Å². The number of rotatable bonds is 6. The second kappa shape index (κ2) is 9.69. The van der Waals surface area contributed by atoms with Crippen molar-refractivity contribution < 1.29 is 23.5 Å². The van der Waals surface area contributed by atoms with Gasteiger partial charge in [0.05, 0.1) is 11.1 Å². The summed E-state index contributed by atoms with van der Waals surface area (Å²) in [7, 11) is 0. The molecule has 3 N–H and O–H groups in total. The van der Waals surface area contributed by atoms with Gasteiger partial charge in [-0.05, 0) is 121 Å². The SMILES string of the molecule is O=C(O)c1[nH]c2cc(-c3cc(F)cc(F)c3)cc(Cc3cccc(Cl)c3)c2c1NC(=O)C12CC3CC(CC(C3)C1)C2. The normalized spacial score (nSPS) is 24.6. The Hall–Kier alpha value is -3.71. The number of fused-ring (bicyclic) bond motifs is 1. The van der Waals surface area contributed by atoms with E-state index in [0.29, 0.717) is 56.8 Å². The van der Waals surface area contributed by atoms with E-state index in [2.05, 4.69) is 10.3 Å². The van der Waals surface area contributed by atoms with Crippen LogP contribution in [0, 0.1) is 34.8 Å². The zero-order chi connectivity index (χ0) is 28.5. The van der Waals surface area contributed by atoms with Gasteiger partial charge in [-0.25, -0.2) is 13.6 Å². The second-order valence-electron chi connectivity index (χ2n) is 12.4. The van der Waals surface area contributed by atoms with E-state index in [4.69, 9.17) is 11.6 Å². The Labute approximate surface area is 240 Å². The molecular weight excluding hydrogens is 546 g/mol. The smallest absolute Gasteiger partial charge is 0.354 e. The third-order valence-corrected chi connectivity index (χ3v) is 9.67. The fraction of sp³-hybridized carbons (Fsp3) is 0.333. The Bertz CT molecular complexity index is 1670. The van der Waals surface area contributed by atoms with E-state index in [-0.39, 0.29) is 17.3 Å². The van der Waals surface area contributed by atoms with E-state index in [1.807, 2.05) is 18.2 Å². The molecule has 5 nitrogen and oxygen atoms in total. The van der Waals surface area contributed by atoms with E-state index in [9.17, 15) is 23.5 Å². The van der Waals surface area contributed by atoms with Crippen LogP contribution in [0.5, 0.6) is 0 Å². The third kappa shape index (κ3) is 4.70. The van der Waals surface area contributed by atoms with Gasteiger partial charge >= 0.3 is 5.97 Å². The predicted octanol–water partition coefficient (Wildman–Crippen LogP) is 8.21. The van der Waals surface area contributed by atoms with Crippen LogP contribution in [0.4, 0.5) is 14.5 Å². The predicted molar refractivity (Wildman–Crippen MR) is 154 cm³/mol. The number of H-pyrrole nitrogens is 1. The molecule has 4 bridgehead atoms. The molecule has 41 heavy (non-hydrogen) atoms. The molecule has 4 aliphatic rings. The molecule has 4 aromatic rings. The Morgan fingerprint density at radius 1 is 0.927 bits per heavy atom. The van der Waals surface area contributed by atoms with Crippen LogP contribution >= 0.6 is 11.6 Å². The first-order valence-electron chi connectivity index (χ1n) is 14.1. The van der Waals surface area contributed by atoms with Crippen LogP contribution in [-0.2, 0) is 11.2 Å². The first-order valence-corrected chi connectivity index (χ1v) is 14.5. The Morgan fingerprint density at radius 2 is 1.56 bits per heavy atom. The molecule has 4 saturated carbocycles. The number of nitrogens with one attached hydrogen (secondary N) is 2. The number of hydrogen-bond donors (Lipinski definition) is 3. The topological polar surface area (TPSA) is 82.2 Å². The summed E-state index contributed by atoms with van der Waals surface area (Å²) < 4.78 is 28.3. The highest BCUT2D eigenvalue weighted by molar-refractivity contribution is 6.30. The van der Waals surface area contributed by atoms with Gasteiger partial charge in [-0.3, -0.25) is 4.79 Å². The van der Waals surface area contributed by atoms with Crippen LogP contribution in [0.15, 0.2) is 54.6 Å². The van der Waals surface area contributed by atoms with Crippen LogP contribution in [-0.4, -0.2) is 22.0 Å². The third-order valence-electron chi connectivity index (χ3n) is 9.43. The standard InChI is InChI=1S/C33H29ClF2N2O3/c34-24-3-1-2-17(8-24)7-23-9-21(22-10-25(35)13-26(36)11-22)12-27-28(23)29(30(37-27)31(39)40)38-32(41)33-14-18-4-19(15-33)6-20(5-18)16-33/h1-3,8-13,18-20,37H,4-7,14-16H2,(H,38,41)(H,39,40). The molecule has 4 fully saturated rings. The highest BCUT2D eigenvalue weighted by Gasteiger charge is 2.54. The van der Waals surface area contributed by atoms with Crippen LogP contribution in [0.3, 0.4) is 0 Å². The van der Waals surface area contributed by atoms with Gasteiger partial charge in [0.2, 0.25) is 5.91 Å². The van der Waals surface area contributed by atoms with Crippen molar-refractivity contribution in [1.29, 1.82) is 0 Å². The van der Waals surface area contributed by atoms with E-state index in [1.54, 1.807) is 18.2 Å². The van der Waals surface area contributed by atoms with Crippen molar-refractivity contribution in [1.82, 2.24) is 4.98 Å². The monoisotopic (exact) mass is 574 g/mol. The maximum Gasteiger partial charge on any atom is 0.354 e. The largest absolute Gasteiger partial charge is 0.477 e. The molecule has 0 unspecified atom stereocenters. The number of aromatic amines is 1. The molecule has 8 heteroatoms. The quantitative estimate of drug-likeness (QED) is 0.217. The van der Waals surface area contributed by atoms with Gasteiger partial charge in [0, 0.05) is 22.0 Å². The number of carboxylic acid groups (broad SMARTS) is 1. The lowest BCUT2D eigenvalue weighted by Gasteiger charge is -2.55. The lowest BCUT2D eigenvalue weighted by molar-refractivity contribution is -0.140. The molecule has 0 atom stereocenters. The fourth-order valence-electron chi connectivity index (χ4n) is 8.23. The van der Waals surface area contributed by atoms with E-state index in [0.717, 1.165) is 30.9 Å². The van der Waals surface area contributed by atoms with Crippen molar-refractivity contribution in [2.24, 2.45) is 23.2 Å². The van der Waals surface area contributed by atoms with Gasteiger partial charge in [0.1, 0.15) is 17.3 Å². The molecule has 1 aromatic heterocycles. The fourth-order valence-corrected chi connectivity index (χ4v) is 8.44. The first-order chi connectivity index (χ1) is 19.7. The second-order valence-corrected chi connectivity index (χ2v) is 12.8. The van der Waals surface area contributed by atoms with Gasteiger partial charge in [-0.1, -0.05) is 23.7 Å². The van der Waals surface area contributed by atoms with Crippen molar-refractivity contribution in [3.8, 4) is 11.1 Å². The number of carbonyl (C=O) groups is 2. The molecule has 0 spiro atoms. The van der Waals surface area contributed by atoms with Crippen molar-refractivity contribution in [3.63, 3.8) is 0 Å². The molecular formula is C33H29ClF2N2O3. The molecule has 8 rings (SSSR count).